The third kappa shape index (κ3) is 1.81. The van der Waals surface area contributed by atoms with Crippen LogP contribution in [0.3, 0.4) is 0 Å². The van der Waals surface area contributed by atoms with E-state index in [4.69, 9.17) is 5.73 Å². The molecule has 5 nitrogen and oxygen atoms in total. The molecule has 0 radical (unpaired) electrons. The highest BCUT2D eigenvalue weighted by atomic mass is 16.6. The SMILES string of the molecule is Cc1c(C(N)=O)cc([N+](=O)[O-])c(C)c1C. The van der Waals surface area contributed by atoms with Crippen LogP contribution in [-0.4, -0.2) is 10.8 Å². The van der Waals surface area contributed by atoms with E-state index >= 15 is 0 Å². The number of nitrogens with two attached hydrogens (primary N) is 1. The van der Waals surface area contributed by atoms with Crippen molar-refractivity contribution < 1.29 is 9.72 Å². The molecule has 1 rings (SSSR count). The lowest BCUT2D eigenvalue weighted by Crippen LogP contribution is -2.14. The molecule has 0 atom stereocenters. The molecule has 15 heavy (non-hydrogen) atoms. The van der Waals surface area contributed by atoms with Crippen molar-refractivity contribution >= 4 is 11.6 Å². The van der Waals surface area contributed by atoms with Crippen molar-refractivity contribution in [3.63, 3.8) is 0 Å². The fourth-order valence-electron chi connectivity index (χ4n) is 1.47. The van der Waals surface area contributed by atoms with Gasteiger partial charge in [-0.2, -0.15) is 0 Å². The number of carbonyl (C=O) groups excluding carboxylic acids is 1. The van der Waals surface area contributed by atoms with Gasteiger partial charge in [0.25, 0.3) is 5.69 Å². The second kappa shape index (κ2) is 3.68. The van der Waals surface area contributed by atoms with Crippen LogP contribution in [0.15, 0.2) is 6.07 Å². The fraction of sp³-hybridized carbons (Fsp3) is 0.300. The summed E-state index contributed by atoms with van der Waals surface area (Å²) in [7, 11) is 0. The Hall–Kier alpha value is -1.91. The Morgan fingerprint density at radius 3 is 2.20 bits per heavy atom. The lowest BCUT2D eigenvalue weighted by atomic mass is 9.97. The quantitative estimate of drug-likeness (QED) is 0.591. The Morgan fingerprint density at radius 1 is 1.27 bits per heavy atom. The van der Waals surface area contributed by atoms with Gasteiger partial charge in [0.1, 0.15) is 0 Å². The normalized spacial score (nSPS) is 10.1. The van der Waals surface area contributed by atoms with E-state index in [1.807, 2.05) is 0 Å². The number of hydrogen-bond donors (Lipinski definition) is 1. The number of hydrogen-bond acceptors (Lipinski definition) is 3. The Kier molecular flexibility index (Phi) is 2.74. The van der Waals surface area contributed by atoms with Gasteiger partial charge in [-0.1, -0.05) is 0 Å². The van der Waals surface area contributed by atoms with Gasteiger partial charge in [-0.3, -0.25) is 14.9 Å². The van der Waals surface area contributed by atoms with Gasteiger partial charge in [0.2, 0.25) is 5.91 Å². The minimum absolute atomic E-state index is 0.0631. The molecule has 0 saturated heterocycles. The highest BCUT2D eigenvalue weighted by Crippen LogP contribution is 2.26. The first-order chi connectivity index (χ1) is 6.86. The lowest BCUT2D eigenvalue weighted by molar-refractivity contribution is -0.385. The summed E-state index contributed by atoms with van der Waals surface area (Å²) in [5.74, 6) is -0.640. The number of nitrogens with zero attached hydrogens (tertiary/aromatic N) is 1. The zero-order chi connectivity index (χ0) is 11.7. The fourth-order valence-corrected chi connectivity index (χ4v) is 1.47. The van der Waals surface area contributed by atoms with E-state index in [9.17, 15) is 14.9 Å². The van der Waals surface area contributed by atoms with Crippen LogP contribution in [0.1, 0.15) is 27.0 Å². The van der Waals surface area contributed by atoms with E-state index in [0.29, 0.717) is 11.1 Å². The first kappa shape index (κ1) is 11.2. The molecule has 0 bridgehead atoms. The van der Waals surface area contributed by atoms with Gasteiger partial charge in [-0.05, 0) is 31.9 Å². The molecule has 1 amide bonds. The van der Waals surface area contributed by atoms with Crippen molar-refractivity contribution in [1.29, 1.82) is 0 Å². The highest BCUT2D eigenvalue weighted by molar-refractivity contribution is 5.95. The zero-order valence-electron chi connectivity index (χ0n) is 8.83. The van der Waals surface area contributed by atoms with Crippen molar-refractivity contribution in [3.05, 3.63) is 38.4 Å². The van der Waals surface area contributed by atoms with Crippen LogP contribution in [0.4, 0.5) is 5.69 Å². The molecule has 2 N–H and O–H groups in total. The summed E-state index contributed by atoms with van der Waals surface area (Å²) in [5, 5.41) is 10.7. The van der Waals surface area contributed by atoms with Gasteiger partial charge in [-0.25, -0.2) is 0 Å². The Balaban J connectivity index is 3.59. The van der Waals surface area contributed by atoms with Crippen LogP contribution >= 0.6 is 0 Å². The van der Waals surface area contributed by atoms with Crippen molar-refractivity contribution in [2.75, 3.05) is 0 Å². The van der Waals surface area contributed by atoms with E-state index in [1.165, 1.54) is 6.07 Å². The minimum Gasteiger partial charge on any atom is -0.366 e. The molecule has 0 aliphatic carbocycles. The Bertz CT molecular complexity index is 414. The monoisotopic (exact) mass is 208 g/mol. The van der Waals surface area contributed by atoms with Crippen LogP contribution in [0.5, 0.6) is 0 Å². The first-order valence-corrected chi connectivity index (χ1v) is 4.41. The van der Waals surface area contributed by atoms with Crippen LogP contribution < -0.4 is 5.73 Å². The maximum atomic E-state index is 11.1. The topological polar surface area (TPSA) is 86.2 Å². The van der Waals surface area contributed by atoms with Crippen molar-refractivity contribution in [1.82, 2.24) is 0 Å². The maximum absolute atomic E-state index is 11.1. The predicted octanol–water partition coefficient (Wildman–Crippen LogP) is 1.62. The molecular formula is C10H12N2O3. The summed E-state index contributed by atoms with van der Waals surface area (Å²) >= 11 is 0. The largest absolute Gasteiger partial charge is 0.366 e. The minimum atomic E-state index is -0.640. The zero-order valence-corrected chi connectivity index (χ0v) is 8.83. The molecule has 0 saturated carbocycles. The lowest BCUT2D eigenvalue weighted by Gasteiger charge is -2.09. The molecule has 5 heteroatoms. The van der Waals surface area contributed by atoms with Crippen LogP contribution in [0.2, 0.25) is 0 Å². The maximum Gasteiger partial charge on any atom is 0.273 e. The number of amides is 1. The molecular weight excluding hydrogens is 196 g/mol. The Labute approximate surface area is 87.0 Å². The predicted molar refractivity (Wildman–Crippen MR) is 55.8 cm³/mol. The number of nitro benzene ring substituents is 1. The first-order valence-electron chi connectivity index (χ1n) is 4.41. The number of nitro groups is 1. The van der Waals surface area contributed by atoms with Crippen molar-refractivity contribution in [3.8, 4) is 0 Å². The van der Waals surface area contributed by atoms with Gasteiger partial charge in [0.15, 0.2) is 0 Å². The van der Waals surface area contributed by atoms with E-state index in [-0.39, 0.29) is 11.3 Å². The average Bonchev–Trinajstić information content (AvgIpc) is 2.13. The van der Waals surface area contributed by atoms with E-state index in [0.717, 1.165) is 5.56 Å². The van der Waals surface area contributed by atoms with Crippen LogP contribution in [0, 0.1) is 30.9 Å². The molecule has 1 aromatic rings. The smallest absolute Gasteiger partial charge is 0.273 e. The highest BCUT2D eigenvalue weighted by Gasteiger charge is 2.19. The molecule has 80 valence electrons. The van der Waals surface area contributed by atoms with Crippen LogP contribution in [0.25, 0.3) is 0 Å². The molecule has 0 aliphatic rings. The second-order valence-electron chi connectivity index (χ2n) is 3.44. The van der Waals surface area contributed by atoms with Crippen molar-refractivity contribution in [2.45, 2.75) is 20.8 Å². The van der Waals surface area contributed by atoms with Gasteiger partial charge < -0.3 is 5.73 Å². The van der Waals surface area contributed by atoms with Gasteiger partial charge in [0, 0.05) is 17.2 Å². The summed E-state index contributed by atoms with van der Waals surface area (Å²) in [6.45, 7) is 5.13. The summed E-state index contributed by atoms with van der Waals surface area (Å²) in [5.41, 5.74) is 7.30. The standard InChI is InChI=1S/C10H12N2O3/c1-5-6(2)8(10(11)13)4-9(7(5)3)12(14)15/h4H,1-3H3,(H2,11,13). The number of rotatable bonds is 2. The summed E-state index contributed by atoms with van der Waals surface area (Å²) in [6, 6.07) is 1.24. The molecule has 0 aliphatic heterocycles. The average molecular weight is 208 g/mol. The molecule has 0 aromatic heterocycles. The number of benzene rings is 1. The molecule has 0 fully saturated rings. The van der Waals surface area contributed by atoms with E-state index in [2.05, 4.69) is 0 Å². The van der Waals surface area contributed by atoms with Crippen molar-refractivity contribution in [2.24, 2.45) is 5.73 Å². The van der Waals surface area contributed by atoms with E-state index in [1.54, 1.807) is 20.8 Å². The van der Waals surface area contributed by atoms with Crippen LogP contribution in [-0.2, 0) is 0 Å². The molecule has 1 aromatic carbocycles. The Morgan fingerprint density at radius 2 is 1.80 bits per heavy atom. The second-order valence-corrected chi connectivity index (χ2v) is 3.44. The number of primary amides is 1. The number of carbonyl (C=O) groups is 1. The third-order valence-corrected chi connectivity index (χ3v) is 2.66. The third-order valence-electron chi connectivity index (χ3n) is 2.66. The van der Waals surface area contributed by atoms with Gasteiger partial charge >= 0.3 is 0 Å². The summed E-state index contributed by atoms with van der Waals surface area (Å²) in [4.78, 5) is 21.3. The molecule has 0 unspecified atom stereocenters. The van der Waals surface area contributed by atoms with Gasteiger partial charge in [-0.15, -0.1) is 0 Å². The molecule has 0 heterocycles. The summed E-state index contributed by atoms with van der Waals surface area (Å²) in [6.07, 6.45) is 0. The molecule has 0 spiro atoms. The van der Waals surface area contributed by atoms with E-state index < -0.39 is 10.8 Å². The summed E-state index contributed by atoms with van der Waals surface area (Å²) < 4.78 is 0. The van der Waals surface area contributed by atoms with Gasteiger partial charge in [0.05, 0.1) is 4.92 Å².